The summed E-state index contributed by atoms with van der Waals surface area (Å²) in [6.45, 7) is 5.32. The quantitative estimate of drug-likeness (QED) is 0.264. The van der Waals surface area contributed by atoms with Crippen molar-refractivity contribution in [3.05, 3.63) is 93.9 Å². The fourth-order valence-electron chi connectivity index (χ4n) is 4.00. The standard InChI is InChI=1S/C29H33BrClN3O4S/c1-4-21(3)32-29(36)27(5-2)33(19-22-11-15-24(31)16-12-22)28(35)20-34(25-17-13-23(30)14-18-25)39(37,38)26-9-7-6-8-10-26/h6-18,21,27H,4-5,19-20H2,1-3H3,(H,32,36). The van der Waals surface area contributed by atoms with E-state index in [9.17, 15) is 18.0 Å². The lowest BCUT2D eigenvalue weighted by Gasteiger charge is -2.33. The van der Waals surface area contributed by atoms with Crippen molar-refractivity contribution in [2.24, 2.45) is 0 Å². The molecule has 208 valence electrons. The van der Waals surface area contributed by atoms with E-state index in [2.05, 4.69) is 21.2 Å². The molecule has 0 aliphatic carbocycles. The van der Waals surface area contributed by atoms with E-state index in [0.717, 1.165) is 20.8 Å². The molecule has 39 heavy (non-hydrogen) atoms. The highest BCUT2D eigenvalue weighted by molar-refractivity contribution is 9.10. The lowest BCUT2D eigenvalue weighted by molar-refractivity contribution is -0.140. The maximum atomic E-state index is 14.0. The fraction of sp³-hybridized carbons (Fsp3) is 0.310. The number of hydrogen-bond acceptors (Lipinski definition) is 4. The van der Waals surface area contributed by atoms with Crippen LogP contribution in [0.25, 0.3) is 0 Å². The van der Waals surface area contributed by atoms with Crippen LogP contribution >= 0.6 is 27.5 Å². The molecule has 3 aromatic carbocycles. The Kier molecular flexibility index (Phi) is 11.0. The summed E-state index contributed by atoms with van der Waals surface area (Å²) in [5.41, 5.74) is 1.10. The summed E-state index contributed by atoms with van der Waals surface area (Å²) in [6, 6.07) is 20.8. The topological polar surface area (TPSA) is 86.8 Å². The first kappa shape index (κ1) is 30.7. The van der Waals surface area contributed by atoms with Gasteiger partial charge in [-0.1, -0.05) is 71.7 Å². The second-order valence-electron chi connectivity index (χ2n) is 9.19. The molecular formula is C29H33BrClN3O4S. The SMILES string of the molecule is CCC(C)NC(=O)C(CC)N(Cc1ccc(Cl)cc1)C(=O)CN(c1ccc(Br)cc1)S(=O)(=O)c1ccccc1. The van der Waals surface area contributed by atoms with Gasteiger partial charge in [-0.05, 0) is 73.9 Å². The molecule has 0 aliphatic heterocycles. The van der Waals surface area contributed by atoms with Crippen molar-refractivity contribution in [3.8, 4) is 0 Å². The normalized spacial score (nSPS) is 12.8. The number of sulfonamides is 1. The predicted octanol–water partition coefficient (Wildman–Crippen LogP) is 6.02. The number of hydrogen-bond donors (Lipinski definition) is 1. The zero-order valence-corrected chi connectivity index (χ0v) is 25.3. The maximum Gasteiger partial charge on any atom is 0.264 e. The molecule has 2 atom stereocenters. The maximum absolute atomic E-state index is 14.0. The van der Waals surface area contributed by atoms with Crippen LogP contribution in [-0.4, -0.2) is 43.8 Å². The molecule has 2 unspecified atom stereocenters. The Hall–Kier alpha value is -2.88. The smallest absolute Gasteiger partial charge is 0.264 e. The summed E-state index contributed by atoms with van der Waals surface area (Å²) in [5, 5.41) is 3.52. The van der Waals surface area contributed by atoms with Gasteiger partial charge in [0, 0.05) is 22.1 Å². The van der Waals surface area contributed by atoms with Gasteiger partial charge in [0.15, 0.2) is 0 Å². The predicted molar refractivity (Wildman–Crippen MR) is 159 cm³/mol. The molecule has 10 heteroatoms. The number of carbonyl (C=O) groups excluding carboxylic acids is 2. The molecule has 0 bridgehead atoms. The Morgan fingerprint density at radius 1 is 0.923 bits per heavy atom. The van der Waals surface area contributed by atoms with E-state index in [1.807, 2.05) is 20.8 Å². The lowest BCUT2D eigenvalue weighted by atomic mass is 10.1. The molecule has 1 N–H and O–H groups in total. The van der Waals surface area contributed by atoms with E-state index in [4.69, 9.17) is 11.6 Å². The van der Waals surface area contributed by atoms with Crippen LogP contribution in [0.1, 0.15) is 39.2 Å². The number of carbonyl (C=O) groups is 2. The van der Waals surface area contributed by atoms with Crippen molar-refractivity contribution in [1.29, 1.82) is 0 Å². The number of halogens is 2. The number of nitrogens with zero attached hydrogens (tertiary/aromatic N) is 2. The van der Waals surface area contributed by atoms with Crippen LogP contribution in [0.3, 0.4) is 0 Å². The van der Waals surface area contributed by atoms with Crippen LogP contribution in [0.5, 0.6) is 0 Å². The molecular weight excluding hydrogens is 602 g/mol. The highest BCUT2D eigenvalue weighted by Crippen LogP contribution is 2.26. The molecule has 2 amide bonds. The third kappa shape index (κ3) is 8.06. The zero-order chi connectivity index (χ0) is 28.6. The first-order valence-corrected chi connectivity index (χ1v) is 15.4. The fourth-order valence-corrected chi connectivity index (χ4v) is 5.83. The van der Waals surface area contributed by atoms with Gasteiger partial charge >= 0.3 is 0 Å². The Labute approximate surface area is 244 Å². The number of nitrogens with one attached hydrogen (secondary N) is 1. The molecule has 0 radical (unpaired) electrons. The Morgan fingerprint density at radius 2 is 1.54 bits per heavy atom. The van der Waals surface area contributed by atoms with Gasteiger partial charge in [0.25, 0.3) is 10.0 Å². The van der Waals surface area contributed by atoms with E-state index in [-0.39, 0.29) is 23.4 Å². The van der Waals surface area contributed by atoms with Gasteiger partial charge in [-0.15, -0.1) is 0 Å². The minimum atomic E-state index is -4.10. The van der Waals surface area contributed by atoms with Crippen LogP contribution in [-0.2, 0) is 26.2 Å². The van der Waals surface area contributed by atoms with Crippen molar-refractivity contribution >= 4 is 55.1 Å². The van der Waals surface area contributed by atoms with Gasteiger partial charge in [0.05, 0.1) is 10.6 Å². The molecule has 0 saturated heterocycles. The summed E-state index contributed by atoms with van der Waals surface area (Å²) in [5.74, 6) is -0.784. The Morgan fingerprint density at radius 3 is 2.10 bits per heavy atom. The number of amides is 2. The van der Waals surface area contributed by atoms with Gasteiger partial charge in [-0.2, -0.15) is 0 Å². The van der Waals surface area contributed by atoms with E-state index < -0.39 is 28.5 Å². The molecule has 0 spiro atoms. The second kappa shape index (κ2) is 14.0. The van der Waals surface area contributed by atoms with Crippen LogP contribution in [0.2, 0.25) is 5.02 Å². The minimum Gasteiger partial charge on any atom is -0.352 e. The average molecular weight is 635 g/mol. The third-order valence-electron chi connectivity index (χ3n) is 6.38. The monoisotopic (exact) mass is 633 g/mol. The summed E-state index contributed by atoms with van der Waals surface area (Å²) >= 11 is 9.44. The van der Waals surface area contributed by atoms with Crippen LogP contribution in [0.15, 0.2) is 88.2 Å². The molecule has 3 rings (SSSR count). The Balaban J connectivity index is 2.03. The van der Waals surface area contributed by atoms with Gasteiger partial charge in [-0.3, -0.25) is 13.9 Å². The van der Waals surface area contributed by atoms with Crippen LogP contribution in [0, 0.1) is 0 Å². The molecule has 7 nitrogen and oxygen atoms in total. The highest BCUT2D eigenvalue weighted by atomic mass is 79.9. The second-order valence-corrected chi connectivity index (χ2v) is 12.4. The lowest BCUT2D eigenvalue weighted by Crippen LogP contribution is -2.53. The third-order valence-corrected chi connectivity index (χ3v) is 8.95. The van der Waals surface area contributed by atoms with Gasteiger partial charge in [0.2, 0.25) is 11.8 Å². The molecule has 0 saturated carbocycles. The van der Waals surface area contributed by atoms with E-state index in [1.165, 1.54) is 17.0 Å². The molecule has 0 fully saturated rings. The molecule has 0 heterocycles. The number of benzene rings is 3. The van der Waals surface area contributed by atoms with Crippen molar-refractivity contribution in [1.82, 2.24) is 10.2 Å². The van der Waals surface area contributed by atoms with E-state index in [1.54, 1.807) is 66.7 Å². The minimum absolute atomic E-state index is 0.0616. The first-order chi connectivity index (χ1) is 18.6. The Bertz CT molecular complexity index is 1350. The van der Waals surface area contributed by atoms with E-state index >= 15 is 0 Å². The number of rotatable bonds is 12. The van der Waals surface area contributed by atoms with Crippen LogP contribution in [0.4, 0.5) is 5.69 Å². The molecule has 3 aromatic rings. The van der Waals surface area contributed by atoms with Gasteiger partial charge in [0.1, 0.15) is 12.6 Å². The van der Waals surface area contributed by atoms with Crippen molar-refractivity contribution in [2.45, 2.75) is 57.1 Å². The average Bonchev–Trinajstić information content (AvgIpc) is 2.93. The first-order valence-electron chi connectivity index (χ1n) is 12.7. The van der Waals surface area contributed by atoms with Crippen molar-refractivity contribution < 1.29 is 18.0 Å². The van der Waals surface area contributed by atoms with Gasteiger partial charge < -0.3 is 10.2 Å². The summed E-state index contributed by atoms with van der Waals surface area (Å²) in [7, 11) is -4.10. The van der Waals surface area contributed by atoms with Gasteiger partial charge in [-0.25, -0.2) is 8.42 Å². The molecule has 0 aromatic heterocycles. The van der Waals surface area contributed by atoms with Crippen molar-refractivity contribution in [3.63, 3.8) is 0 Å². The van der Waals surface area contributed by atoms with Crippen LogP contribution < -0.4 is 9.62 Å². The molecule has 0 aliphatic rings. The summed E-state index contributed by atoms with van der Waals surface area (Å²) in [4.78, 5) is 28.8. The largest absolute Gasteiger partial charge is 0.352 e. The highest BCUT2D eigenvalue weighted by Gasteiger charge is 2.33. The summed E-state index contributed by atoms with van der Waals surface area (Å²) < 4.78 is 29.4. The van der Waals surface area contributed by atoms with E-state index in [0.29, 0.717) is 17.1 Å². The number of anilines is 1. The summed E-state index contributed by atoms with van der Waals surface area (Å²) in [6.07, 6.45) is 1.09. The van der Waals surface area contributed by atoms with Crippen molar-refractivity contribution in [2.75, 3.05) is 10.8 Å². The zero-order valence-electron chi connectivity index (χ0n) is 22.2.